The number of carbonyl (C=O) groups excluding carboxylic acids is 1. The summed E-state index contributed by atoms with van der Waals surface area (Å²) in [4.78, 5) is 17.1. The Balaban J connectivity index is 1.57. The molecule has 1 aromatic heterocycles. The highest BCUT2D eigenvalue weighted by Crippen LogP contribution is 2.34. The lowest BCUT2D eigenvalue weighted by Gasteiger charge is -2.07. The van der Waals surface area contributed by atoms with Gasteiger partial charge in [-0.3, -0.25) is 4.79 Å². The van der Waals surface area contributed by atoms with Gasteiger partial charge in [0.25, 0.3) is 0 Å². The van der Waals surface area contributed by atoms with Crippen molar-refractivity contribution in [2.75, 3.05) is 5.32 Å². The molecule has 5 heteroatoms. The highest BCUT2D eigenvalue weighted by molar-refractivity contribution is 7.21. The number of hydrogen-bond acceptors (Lipinski definition) is 3. The standard InChI is InChI=1S/C22H15ClN2OS/c23-16-12-9-15(10-13-16)11-14-21(26)24-18-6-2-1-5-17(18)22-25-19-7-3-4-8-20(19)27-22/h1-14H,(H,24,26)/b14-11+. The first kappa shape index (κ1) is 17.5. The van der Waals surface area contributed by atoms with Gasteiger partial charge in [0, 0.05) is 16.7 Å². The molecule has 0 aliphatic rings. The van der Waals surface area contributed by atoms with Crippen LogP contribution in [0.15, 0.2) is 78.9 Å². The number of para-hydroxylation sites is 2. The van der Waals surface area contributed by atoms with Crippen LogP contribution in [0.2, 0.25) is 5.02 Å². The van der Waals surface area contributed by atoms with Crippen molar-refractivity contribution in [3.8, 4) is 10.6 Å². The van der Waals surface area contributed by atoms with Crippen molar-refractivity contribution in [3.63, 3.8) is 0 Å². The summed E-state index contributed by atoms with van der Waals surface area (Å²) in [5.74, 6) is -0.196. The van der Waals surface area contributed by atoms with Gasteiger partial charge in [0.15, 0.2) is 0 Å². The van der Waals surface area contributed by atoms with E-state index in [1.807, 2.05) is 60.7 Å². The molecule has 1 amide bonds. The zero-order chi connectivity index (χ0) is 18.6. The van der Waals surface area contributed by atoms with Crippen LogP contribution in [0.25, 0.3) is 26.9 Å². The molecule has 27 heavy (non-hydrogen) atoms. The lowest BCUT2D eigenvalue weighted by atomic mass is 10.1. The average molecular weight is 391 g/mol. The summed E-state index contributed by atoms with van der Waals surface area (Å²) >= 11 is 7.49. The van der Waals surface area contributed by atoms with E-state index in [1.54, 1.807) is 29.5 Å². The Bertz CT molecular complexity index is 1100. The summed E-state index contributed by atoms with van der Waals surface area (Å²) in [7, 11) is 0. The molecule has 0 saturated heterocycles. The summed E-state index contributed by atoms with van der Waals surface area (Å²) in [6.07, 6.45) is 3.27. The monoisotopic (exact) mass is 390 g/mol. The lowest BCUT2D eigenvalue weighted by molar-refractivity contribution is -0.111. The van der Waals surface area contributed by atoms with Crippen molar-refractivity contribution < 1.29 is 4.79 Å². The number of thiazole rings is 1. The van der Waals surface area contributed by atoms with Crippen molar-refractivity contribution in [2.45, 2.75) is 0 Å². The smallest absolute Gasteiger partial charge is 0.248 e. The van der Waals surface area contributed by atoms with E-state index in [-0.39, 0.29) is 5.91 Å². The minimum absolute atomic E-state index is 0.196. The maximum Gasteiger partial charge on any atom is 0.248 e. The van der Waals surface area contributed by atoms with Crippen LogP contribution in [0.1, 0.15) is 5.56 Å². The largest absolute Gasteiger partial charge is 0.322 e. The summed E-state index contributed by atoms with van der Waals surface area (Å²) < 4.78 is 1.12. The Morgan fingerprint density at radius 2 is 1.70 bits per heavy atom. The maximum atomic E-state index is 12.4. The molecule has 4 rings (SSSR count). The second-order valence-corrected chi connectivity index (χ2v) is 7.37. The first-order valence-corrected chi connectivity index (χ1v) is 9.58. The fraction of sp³-hybridized carbons (Fsp3) is 0. The summed E-state index contributed by atoms with van der Waals surface area (Å²) in [5, 5.41) is 4.50. The van der Waals surface area contributed by atoms with Crippen LogP contribution >= 0.6 is 22.9 Å². The Morgan fingerprint density at radius 3 is 2.52 bits per heavy atom. The van der Waals surface area contributed by atoms with Crippen LogP contribution in [0.4, 0.5) is 5.69 Å². The molecule has 0 saturated carbocycles. The van der Waals surface area contributed by atoms with E-state index in [4.69, 9.17) is 11.6 Å². The van der Waals surface area contributed by atoms with Crippen molar-refractivity contribution in [1.82, 2.24) is 4.98 Å². The van der Waals surface area contributed by atoms with Gasteiger partial charge >= 0.3 is 0 Å². The van der Waals surface area contributed by atoms with Gasteiger partial charge in [-0.15, -0.1) is 11.3 Å². The molecule has 0 aliphatic carbocycles. The highest BCUT2D eigenvalue weighted by atomic mass is 35.5. The first-order chi connectivity index (χ1) is 13.2. The molecule has 0 bridgehead atoms. The first-order valence-electron chi connectivity index (χ1n) is 8.39. The van der Waals surface area contributed by atoms with Crippen molar-refractivity contribution in [2.24, 2.45) is 0 Å². The fourth-order valence-corrected chi connectivity index (χ4v) is 3.82. The third-order valence-corrected chi connectivity index (χ3v) is 5.33. The van der Waals surface area contributed by atoms with E-state index in [0.29, 0.717) is 5.02 Å². The van der Waals surface area contributed by atoms with Gasteiger partial charge in [0.2, 0.25) is 5.91 Å². The Kier molecular flexibility index (Phi) is 5.01. The Labute approximate surface area is 166 Å². The van der Waals surface area contributed by atoms with E-state index in [9.17, 15) is 4.79 Å². The average Bonchev–Trinajstić information content (AvgIpc) is 3.12. The third-order valence-electron chi connectivity index (χ3n) is 4.01. The molecule has 0 fully saturated rings. The number of nitrogens with zero attached hydrogens (tertiary/aromatic N) is 1. The predicted octanol–water partition coefficient (Wildman–Crippen LogP) is 6.27. The van der Waals surface area contributed by atoms with Crippen LogP contribution < -0.4 is 5.32 Å². The predicted molar refractivity (Wildman–Crippen MR) is 114 cm³/mol. The van der Waals surface area contributed by atoms with Crippen LogP contribution in [-0.4, -0.2) is 10.9 Å². The van der Waals surface area contributed by atoms with Crippen LogP contribution in [0, 0.1) is 0 Å². The Morgan fingerprint density at radius 1 is 0.963 bits per heavy atom. The maximum absolute atomic E-state index is 12.4. The van der Waals surface area contributed by atoms with Crippen LogP contribution in [0.5, 0.6) is 0 Å². The van der Waals surface area contributed by atoms with E-state index in [1.165, 1.54) is 6.08 Å². The lowest BCUT2D eigenvalue weighted by Crippen LogP contribution is -2.08. The van der Waals surface area contributed by atoms with Crippen molar-refractivity contribution >= 4 is 50.8 Å². The summed E-state index contributed by atoms with van der Waals surface area (Å²) in [5.41, 5.74) is 3.52. The number of benzene rings is 3. The fourth-order valence-electron chi connectivity index (χ4n) is 2.69. The van der Waals surface area contributed by atoms with Gasteiger partial charge in [-0.25, -0.2) is 4.98 Å². The Hall–Kier alpha value is -2.95. The molecule has 132 valence electrons. The minimum atomic E-state index is -0.196. The second kappa shape index (κ2) is 7.74. The molecular weight excluding hydrogens is 376 g/mol. The molecule has 1 N–H and O–H groups in total. The van der Waals surface area contributed by atoms with Crippen LogP contribution in [0.3, 0.4) is 0 Å². The normalized spacial score (nSPS) is 11.1. The van der Waals surface area contributed by atoms with E-state index in [2.05, 4.69) is 10.3 Å². The topological polar surface area (TPSA) is 42.0 Å². The van der Waals surface area contributed by atoms with E-state index < -0.39 is 0 Å². The zero-order valence-electron chi connectivity index (χ0n) is 14.2. The third kappa shape index (κ3) is 4.08. The molecule has 3 nitrogen and oxygen atoms in total. The molecular formula is C22H15ClN2OS. The van der Waals surface area contributed by atoms with Gasteiger partial charge < -0.3 is 5.32 Å². The quantitative estimate of drug-likeness (QED) is 0.417. The van der Waals surface area contributed by atoms with Gasteiger partial charge in [0.1, 0.15) is 5.01 Å². The number of rotatable bonds is 4. The summed E-state index contributed by atoms with van der Waals surface area (Å²) in [6.45, 7) is 0. The number of hydrogen-bond donors (Lipinski definition) is 1. The number of fused-ring (bicyclic) bond motifs is 1. The van der Waals surface area contributed by atoms with E-state index >= 15 is 0 Å². The molecule has 1 heterocycles. The van der Waals surface area contributed by atoms with Crippen LogP contribution in [-0.2, 0) is 4.79 Å². The SMILES string of the molecule is O=C(/C=C/c1ccc(Cl)cc1)Nc1ccccc1-c1nc2ccccc2s1. The van der Waals surface area contributed by atoms with E-state index in [0.717, 1.165) is 32.0 Å². The molecule has 0 unspecified atom stereocenters. The molecule has 3 aromatic carbocycles. The number of nitrogens with one attached hydrogen (secondary N) is 1. The minimum Gasteiger partial charge on any atom is -0.322 e. The van der Waals surface area contributed by atoms with Gasteiger partial charge in [0.05, 0.1) is 15.9 Å². The molecule has 0 atom stereocenters. The molecule has 4 aromatic rings. The van der Waals surface area contributed by atoms with Crippen molar-refractivity contribution in [1.29, 1.82) is 0 Å². The number of halogens is 1. The zero-order valence-corrected chi connectivity index (χ0v) is 15.8. The van der Waals surface area contributed by atoms with Gasteiger partial charge in [-0.1, -0.05) is 48.0 Å². The number of anilines is 1. The molecule has 0 aliphatic heterocycles. The van der Waals surface area contributed by atoms with Gasteiger partial charge in [-0.2, -0.15) is 0 Å². The molecule has 0 radical (unpaired) electrons. The highest BCUT2D eigenvalue weighted by Gasteiger charge is 2.11. The van der Waals surface area contributed by atoms with Gasteiger partial charge in [-0.05, 0) is 48.0 Å². The number of carbonyl (C=O) groups is 1. The van der Waals surface area contributed by atoms with Crippen molar-refractivity contribution in [3.05, 3.63) is 89.5 Å². The molecule has 0 spiro atoms. The summed E-state index contributed by atoms with van der Waals surface area (Å²) in [6, 6.07) is 23.0. The number of amides is 1. The second-order valence-electron chi connectivity index (χ2n) is 5.91. The number of aromatic nitrogens is 1.